The van der Waals surface area contributed by atoms with E-state index < -0.39 is 44.2 Å². The second-order valence-corrected chi connectivity index (χ2v) is 5.63. The van der Waals surface area contributed by atoms with Gasteiger partial charge in [-0.05, 0) is 12.8 Å². The van der Waals surface area contributed by atoms with Gasteiger partial charge in [-0.15, -0.1) is 0 Å². The van der Waals surface area contributed by atoms with Gasteiger partial charge in [-0.1, -0.05) is 0 Å². The standard InChI is InChI=1S/C10H19N5O5.H3O4P/c11-5(8(17)18)4-7(16)15-6(9(19)20)2-1-3-14-10(12)13;1-5(2,3)4/h5-6H,1-4,11H2,(H,15,16)(H,17,18)(H,19,20)(H4,12,13,14);(H3,1,2,3,4). The molecule has 1 amide bonds. The van der Waals surface area contributed by atoms with Crippen LogP contribution in [0.4, 0.5) is 0 Å². The monoisotopic (exact) mass is 387 g/mol. The highest BCUT2D eigenvalue weighted by atomic mass is 31.2. The summed E-state index contributed by atoms with van der Waals surface area (Å²) in [6.45, 7) is 0.295. The van der Waals surface area contributed by atoms with E-state index >= 15 is 0 Å². The van der Waals surface area contributed by atoms with Gasteiger partial charge in [0.15, 0.2) is 5.96 Å². The van der Waals surface area contributed by atoms with Crippen LogP contribution in [0.5, 0.6) is 0 Å². The van der Waals surface area contributed by atoms with Crippen LogP contribution in [-0.2, 0) is 18.9 Å². The Hall–Kier alpha value is -2.25. The van der Waals surface area contributed by atoms with Crippen molar-refractivity contribution in [2.45, 2.75) is 31.3 Å². The second kappa shape index (κ2) is 12.2. The summed E-state index contributed by atoms with van der Waals surface area (Å²) < 4.78 is 8.88. The number of hydrogen-bond acceptors (Lipinski definition) is 6. The van der Waals surface area contributed by atoms with Gasteiger partial charge in [-0.25, -0.2) is 9.36 Å². The molecule has 0 aromatic rings. The topological polar surface area (TPSA) is 269 Å². The van der Waals surface area contributed by atoms with E-state index in [4.69, 9.17) is 46.3 Å². The van der Waals surface area contributed by atoms with E-state index in [1.54, 1.807) is 0 Å². The minimum Gasteiger partial charge on any atom is -0.480 e. The first-order chi connectivity index (χ1) is 11.2. The molecule has 0 rings (SSSR count). The number of carboxylic acid groups (broad SMARTS) is 2. The molecule has 12 N–H and O–H groups in total. The van der Waals surface area contributed by atoms with Gasteiger partial charge in [0.1, 0.15) is 12.1 Å². The fraction of sp³-hybridized carbons (Fsp3) is 0.600. The Labute approximate surface area is 141 Å². The molecule has 0 radical (unpaired) electrons. The van der Waals surface area contributed by atoms with E-state index in [0.29, 0.717) is 13.0 Å². The highest BCUT2D eigenvalue weighted by Crippen LogP contribution is 2.25. The lowest BCUT2D eigenvalue weighted by Gasteiger charge is -2.15. The van der Waals surface area contributed by atoms with Crippen LogP contribution in [0.15, 0.2) is 0 Å². The van der Waals surface area contributed by atoms with Crippen LogP contribution in [0, 0.1) is 5.41 Å². The number of nitrogens with two attached hydrogens (primary N) is 2. The first kappa shape index (κ1) is 25.0. The van der Waals surface area contributed by atoms with Gasteiger partial charge in [0.05, 0.1) is 6.42 Å². The molecule has 2 unspecified atom stereocenters. The molecule has 0 aliphatic heterocycles. The van der Waals surface area contributed by atoms with E-state index in [1.807, 2.05) is 0 Å². The van der Waals surface area contributed by atoms with Crippen LogP contribution >= 0.6 is 7.82 Å². The Balaban J connectivity index is 0. The van der Waals surface area contributed by atoms with Crippen LogP contribution in [0.1, 0.15) is 19.3 Å². The number of rotatable bonds is 9. The summed E-state index contributed by atoms with van der Waals surface area (Å²) >= 11 is 0. The average molecular weight is 387 g/mol. The summed E-state index contributed by atoms with van der Waals surface area (Å²) in [5, 5.41) is 29.1. The van der Waals surface area contributed by atoms with Crippen molar-refractivity contribution in [1.82, 2.24) is 10.6 Å². The molecule has 0 bridgehead atoms. The zero-order valence-corrected chi connectivity index (χ0v) is 13.8. The summed E-state index contributed by atoms with van der Waals surface area (Å²) in [4.78, 5) is 54.4. The zero-order chi connectivity index (χ0) is 20.2. The predicted molar refractivity (Wildman–Crippen MR) is 83.2 cm³/mol. The van der Waals surface area contributed by atoms with Gasteiger partial charge in [-0.3, -0.25) is 15.0 Å². The Morgan fingerprint density at radius 2 is 1.60 bits per heavy atom. The SMILES string of the molecule is N=C(N)NCCCC(NC(=O)CC(N)C(=O)O)C(=O)O.O=P(O)(O)O. The van der Waals surface area contributed by atoms with Crippen LogP contribution < -0.4 is 22.1 Å². The van der Waals surface area contributed by atoms with E-state index in [2.05, 4.69) is 10.6 Å². The molecule has 0 saturated heterocycles. The first-order valence-corrected chi connectivity index (χ1v) is 8.17. The minimum absolute atomic E-state index is 0.115. The quantitative estimate of drug-likeness (QED) is 0.0806. The molecule has 0 aromatic heterocycles. The number of nitrogens with one attached hydrogen (secondary N) is 3. The third-order valence-corrected chi connectivity index (χ3v) is 2.34. The summed E-state index contributed by atoms with van der Waals surface area (Å²) in [6.07, 6.45) is -0.0176. The van der Waals surface area contributed by atoms with Gasteiger partial charge in [0.25, 0.3) is 0 Å². The van der Waals surface area contributed by atoms with Crippen molar-refractivity contribution in [2.24, 2.45) is 11.5 Å². The third-order valence-electron chi connectivity index (χ3n) is 2.34. The smallest absolute Gasteiger partial charge is 0.466 e. The molecule has 146 valence electrons. The first-order valence-electron chi connectivity index (χ1n) is 6.60. The normalized spacial score (nSPS) is 12.8. The average Bonchev–Trinajstić information content (AvgIpc) is 2.39. The fourth-order valence-electron chi connectivity index (χ4n) is 1.33. The molecular formula is C10H22N5O9P. The van der Waals surface area contributed by atoms with Gasteiger partial charge in [0, 0.05) is 6.54 Å². The molecule has 0 heterocycles. The van der Waals surface area contributed by atoms with Crippen molar-refractivity contribution in [2.75, 3.05) is 6.54 Å². The number of carboxylic acids is 2. The van der Waals surface area contributed by atoms with Crippen molar-refractivity contribution >= 4 is 31.6 Å². The summed E-state index contributed by atoms with van der Waals surface area (Å²) in [5.74, 6) is -3.54. The summed E-state index contributed by atoms with van der Waals surface area (Å²) in [5.41, 5.74) is 10.2. The van der Waals surface area contributed by atoms with Crippen LogP contribution in [0.25, 0.3) is 0 Å². The lowest BCUT2D eigenvalue weighted by molar-refractivity contribution is -0.143. The van der Waals surface area contributed by atoms with Crippen LogP contribution in [0.2, 0.25) is 0 Å². The molecule has 25 heavy (non-hydrogen) atoms. The number of carbonyl (C=O) groups excluding carboxylic acids is 1. The Kier molecular flexibility index (Phi) is 12.2. The molecule has 14 nitrogen and oxygen atoms in total. The molecule has 2 atom stereocenters. The minimum atomic E-state index is -4.64. The molecule has 0 spiro atoms. The molecule has 0 fully saturated rings. The second-order valence-electron chi connectivity index (χ2n) is 4.60. The summed E-state index contributed by atoms with van der Waals surface area (Å²) in [6, 6.07) is -2.51. The van der Waals surface area contributed by atoms with Gasteiger partial charge >= 0.3 is 19.8 Å². The van der Waals surface area contributed by atoms with Crippen LogP contribution in [-0.4, -0.2) is 67.3 Å². The lowest BCUT2D eigenvalue weighted by Crippen LogP contribution is -2.44. The predicted octanol–water partition coefficient (Wildman–Crippen LogP) is -3.31. The number of amides is 1. The van der Waals surface area contributed by atoms with Crippen LogP contribution in [0.3, 0.4) is 0 Å². The maximum atomic E-state index is 11.4. The van der Waals surface area contributed by atoms with E-state index in [9.17, 15) is 14.4 Å². The fourth-order valence-corrected chi connectivity index (χ4v) is 1.33. The zero-order valence-electron chi connectivity index (χ0n) is 13.0. The molecular weight excluding hydrogens is 365 g/mol. The number of hydrogen-bond donors (Lipinski definition) is 10. The lowest BCUT2D eigenvalue weighted by atomic mass is 10.1. The van der Waals surface area contributed by atoms with Gasteiger partial charge < -0.3 is 47.0 Å². The number of aliphatic carboxylic acids is 2. The number of carbonyl (C=O) groups is 3. The molecule has 0 aromatic carbocycles. The van der Waals surface area contributed by atoms with Crippen molar-refractivity contribution < 1.29 is 43.8 Å². The van der Waals surface area contributed by atoms with Crippen molar-refractivity contribution in [3.63, 3.8) is 0 Å². The summed E-state index contributed by atoms with van der Waals surface area (Å²) in [7, 11) is -4.64. The highest BCUT2D eigenvalue weighted by Gasteiger charge is 2.22. The maximum Gasteiger partial charge on any atom is 0.466 e. The van der Waals surface area contributed by atoms with Crippen molar-refractivity contribution in [3.8, 4) is 0 Å². The molecule has 15 heteroatoms. The molecule has 0 aliphatic carbocycles. The Bertz CT molecular complexity index is 515. The van der Waals surface area contributed by atoms with Crippen molar-refractivity contribution in [3.05, 3.63) is 0 Å². The van der Waals surface area contributed by atoms with E-state index in [1.165, 1.54) is 0 Å². The van der Waals surface area contributed by atoms with Crippen molar-refractivity contribution in [1.29, 1.82) is 5.41 Å². The Morgan fingerprint density at radius 1 is 1.12 bits per heavy atom. The highest BCUT2D eigenvalue weighted by molar-refractivity contribution is 7.45. The van der Waals surface area contributed by atoms with Gasteiger partial charge in [-0.2, -0.15) is 0 Å². The molecule has 0 saturated carbocycles. The number of guanidine groups is 1. The van der Waals surface area contributed by atoms with Gasteiger partial charge in [0.2, 0.25) is 5.91 Å². The third kappa shape index (κ3) is 19.7. The largest absolute Gasteiger partial charge is 0.480 e. The maximum absolute atomic E-state index is 11.4. The Morgan fingerprint density at radius 3 is 1.96 bits per heavy atom. The molecule has 0 aliphatic rings. The van der Waals surface area contributed by atoms with E-state index in [0.717, 1.165) is 0 Å². The van der Waals surface area contributed by atoms with E-state index in [-0.39, 0.29) is 12.4 Å². The number of phosphoric acid groups is 1.